The number of likely N-dealkylation sites (tertiary alicyclic amines) is 1. The van der Waals surface area contributed by atoms with Crippen molar-refractivity contribution >= 4 is 17.6 Å². The third-order valence-electron chi connectivity index (χ3n) is 6.38. The standard InChI is InChI=1S/C23H33N3O4/c1-4-5-6-9-14-26-21(28)17(2)23(22(26)29,25-15-12-24-13-16-25)20(27)18-10-7-8-11-19(18)30-3/h7-8,10-11,17,24H,4-6,9,12-16H2,1-3H3. The van der Waals surface area contributed by atoms with Gasteiger partial charge in [-0.3, -0.25) is 24.2 Å². The molecule has 2 fully saturated rings. The van der Waals surface area contributed by atoms with Gasteiger partial charge in [0.15, 0.2) is 11.3 Å². The van der Waals surface area contributed by atoms with Crippen LogP contribution in [0, 0.1) is 5.92 Å². The molecule has 7 heteroatoms. The molecule has 1 N–H and O–H groups in total. The molecule has 1 aromatic rings. The second kappa shape index (κ2) is 9.71. The highest BCUT2D eigenvalue weighted by molar-refractivity contribution is 6.27. The zero-order chi connectivity index (χ0) is 21.7. The number of Topliss-reactive ketones (excluding diaryl/α,β-unsaturated/α-hetero) is 1. The fraction of sp³-hybridized carbons (Fsp3) is 0.609. The molecule has 2 saturated heterocycles. The summed E-state index contributed by atoms with van der Waals surface area (Å²) in [5.74, 6) is -1.30. The summed E-state index contributed by atoms with van der Waals surface area (Å²) in [6.07, 6.45) is 3.87. The average molecular weight is 416 g/mol. The molecule has 7 nitrogen and oxygen atoms in total. The number of ketones is 1. The van der Waals surface area contributed by atoms with Gasteiger partial charge in [0, 0.05) is 32.7 Å². The van der Waals surface area contributed by atoms with E-state index < -0.39 is 11.5 Å². The highest BCUT2D eigenvalue weighted by Crippen LogP contribution is 2.40. The minimum absolute atomic E-state index is 0.252. The monoisotopic (exact) mass is 415 g/mol. The van der Waals surface area contributed by atoms with E-state index in [9.17, 15) is 14.4 Å². The molecular formula is C23H33N3O4. The number of benzene rings is 1. The zero-order valence-corrected chi connectivity index (χ0v) is 18.3. The van der Waals surface area contributed by atoms with E-state index in [1.807, 2.05) is 4.90 Å². The van der Waals surface area contributed by atoms with E-state index in [4.69, 9.17) is 4.74 Å². The summed E-state index contributed by atoms with van der Waals surface area (Å²) in [5.41, 5.74) is -1.17. The van der Waals surface area contributed by atoms with Crippen LogP contribution < -0.4 is 10.1 Å². The van der Waals surface area contributed by atoms with Gasteiger partial charge in [-0.15, -0.1) is 0 Å². The summed E-state index contributed by atoms with van der Waals surface area (Å²) in [5, 5.41) is 3.27. The fourth-order valence-corrected chi connectivity index (χ4v) is 4.71. The van der Waals surface area contributed by atoms with Gasteiger partial charge >= 0.3 is 0 Å². The smallest absolute Gasteiger partial charge is 0.258 e. The number of imide groups is 1. The minimum Gasteiger partial charge on any atom is -0.496 e. The first-order valence-corrected chi connectivity index (χ1v) is 11.0. The number of methoxy groups -OCH3 is 1. The van der Waals surface area contributed by atoms with Crippen LogP contribution in [-0.4, -0.2) is 72.8 Å². The van der Waals surface area contributed by atoms with Crippen molar-refractivity contribution in [2.75, 3.05) is 39.8 Å². The molecule has 2 heterocycles. The second-order valence-electron chi connectivity index (χ2n) is 8.11. The van der Waals surface area contributed by atoms with E-state index in [1.54, 1.807) is 31.2 Å². The Labute approximate surface area is 178 Å². The minimum atomic E-state index is -1.52. The Kier molecular flexibility index (Phi) is 7.26. The normalized spacial score (nSPS) is 25.0. The molecule has 1 aromatic carbocycles. The molecule has 3 rings (SSSR count). The van der Waals surface area contributed by atoms with Crippen molar-refractivity contribution < 1.29 is 19.1 Å². The molecule has 2 aliphatic rings. The molecule has 2 amide bonds. The Hall–Kier alpha value is -2.25. The number of nitrogens with one attached hydrogen (secondary N) is 1. The molecular weight excluding hydrogens is 382 g/mol. The Morgan fingerprint density at radius 1 is 1.17 bits per heavy atom. The van der Waals surface area contributed by atoms with E-state index in [-0.39, 0.29) is 17.6 Å². The average Bonchev–Trinajstić information content (AvgIpc) is 2.97. The largest absolute Gasteiger partial charge is 0.496 e. The second-order valence-corrected chi connectivity index (χ2v) is 8.11. The van der Waals surface area contributed by atoms with E-state index in [1.165, 1.54) is 12.0 Å². The molecule has 2 atom stereocenters. The maximum absolute atomic E-state index is 14.0. The topological polar surface area (TPSA) is 79.0 Å². The summed E-state index contributed by atoms with van der Waals surface area (Å²) in [7, 11) is 1.51. The lowest BCUT2D eigenvalue weighted by atomic mass is 9.78. The Morgan fingerprint density at radius 2 is 1.87 bits per heavy atom. The summed E-state index contributed by atoms with van der Waals surface area (Å²) >= 11 is 0. The lowest BCUT2D eigenvalue weighted by molar-refractivity contribution is -0.141. The Bertz CT molecular complexity index is 790. The molecule has 2 unspecified atom stereocenters. The van der Waals surface area contributed by atoms with Gasteiger partial charge in [-0.25, -0.2) is 0 Å². The Balaban J connectivity index is 2.02. The molecule has 0 bridgehead atoms. The van der Waals surface area contributed by atoms with Crippen LogP contribution in [0.4, 0.5) is 0 Å². The van der Waals surface area contributed by atoms with Crippen LogP contribution in [0.2, 0.25) is 0 Å². The van der Waals surface area contributed by atoms with Crippen LogP contribution in [0.5, 0.6) is 5.75 Å². The first-order chi connectivity index (χ1) is 14.5. The SMILES string of the molecule is CCCCCCN1C(=O)C(C)C(C(=O)c2ccccc2OC)(N2CCNCC2)C1=O. The maximum Gasteiger partial charge on any atom is 0.258 e. The van der Waals surface area contributed by atoms with E-state index in [0.29, 0.717) is 44.0 Å². The third-order valence-corrected chi connectivity index (χ3v) is 6.38. The highest BCUT2D eigenvalue weighted by Gasteiger charge is 2.65. The number of para-hydroxylation sites is 1. The van der Waals surface area contributed by atoms with Crippen LogP contribution in [0.25, 0.3) is 0 Å². The molecule has 2 aliphatic heterocycles. The molecule has 0 aromatic heterocycles. The van der Waals surface area contributed by atoms with Gasteiger partial charge in [0.05, 0.1) is 18.6 Å². The van der Waals surface area contributed by atoms with Crippen molar-refractivity contribution in [3.05, 3.63) is 29.8 Å². The molecule has 0 spiro atoms. The third kappa shape index (κ3) is 3.76. The van der Waals surface area contributed by atoms with Gasteiger partial charge in [0.1, 0.15) is 5.75 Å². The molecule has 30 heavy (non-hydrogen) atoms. The number of unbranched alkanes of at least 4 members (excludes halogenated alkanes) is 3. The van der Waals surface area contributed by atoms with Crippen LogP contribution in [-0.2, 0) is 9.59 Å². The molecule has 0 saturated carbocycles. The van der Waals surface area contributed by atoms with Crippen LogP contribution in [0.1, 0.15) is 49.9 Å². The number of ether oxygens (including phenoxy) is 1. The zero-order valence-electron chi connectivity index (χ0n) is 18.3. The van der Waals surface area contributed by atoms with Crippen LogP contribution in [0.3, 0.4) is 0 Å². The highest BCUT2D eigenvalue weighted by atomic mass is 16.5. The van der Waals surface area contributed by atoms with Crippen molar-refractivity contribution in [1.82, 2.24) is 15.1 Å². The van der Waals surface area contributed by atoms with Gasteiger partial charge in [-0.05, 0) is 18.6 Å². The van der Waals surface area contributed by atoms with Gasteiger partial charge in [0.2, 0.25) is 5.91 Å². The summed E-state index contributed by atoms with van der Waals surface area (Å²) in [6.45, 7) is 6.63. The Morgan fingerprint density at radius 3 is 2.53 bits per heavy atom. The van der Waals surface area contributed by atoms with E-state index >= 15 is 0 Å². The summed E-state index contributed by atoms with van der Waals surface area (Å²) in [6, 6.07) is 6.94. The van der Waals surface area contributed by atoms with E-state index in [2.05, 4.69) is 12.2 Å². The van der Waals surface area contributed by atoms with Gasteiger partial charge in [0.25, 0.3) is 5.91 Å². The first-order valence-electron chi connectivity index (χ1n) is 11.0. The quantitative estimate of drug-likeness (QED) is 0.288. The number of hydrogen-bond donors (Lipinski definition) is 1. The first kappa shape index (κ1) is 22.4. The number of piperazine rings is 1. The molecule has 0 radical (unpaired) electrons. The van der Waals surface area contributed by atoms with Crippen LogP contribution in [0.15, 0.2) is 24.3 Å². The number of rotatable bonds is 9. The predicted molar refractivity (Wildman–Crippen MR) is 115 cm³/mol. The number of hydrogen-bond acceptors (Lipinski definition) is 6. The van der Waals surface area contributed by atoms with Crippen molar-refractivity contribution in [3.63, 3.8) is 0 Å². The number of carbonyl (C=O) groups is 3. The molecule has 0 aliphatic carbocycles. The van der Waals surface area contributed by atoms with E-state index in [0.717, 1.165) is 25.7 Å². The predicted octanol–water partition coefficient (Wildman–Crippen LogP) is 2.11. The van der Waals surface area contributed by atoms with Crippen molar-refractivity contribution in [3.8, 4) is 5.75 Å². The number of amides is 2. The van der Waals surface area contributed by atoms with Gasteiger partial charge in [-0.2, -0.15) is 0 Å². The number of nitrogens with zero attached hydrogens (tertiary/aromatic N) is 2. The summed E-state index contributed by atoms with van der Waals surface area (Å²) in [4.78, 5) is 44.2. The number of carbonyl (C=O) groups excluding carboxylic acids is 3. The molecule has 164 valence electrons. The van der Waals surface area contributed by atoms with Gasteiger partial charge < -0.3 is 10.1 Å². The maximum atomic E-state index is 14.0. The van der Waals surface area contributed by atoms with Crippen molar-refractivity contribution in [1.29, 1.82) is 0 Å². The lowest BCUT2D eigenvalue weighted by Crippen LogP contribution is -2.66. The van der Waals surface area contributed by atoms with Crippen molar-refractivity contribution in [2.24, 2.45) is 5.92 Å². The van der Waals surface area contributed by atoms with Crippen molar-refractivity contribution in [2.45, 2.75) is 45.1 Å². The van der Waals surface area contributed by atoms with Crippen LogP contribution >= 0.6 is 0 Å². The fourth-order valence-electron chi connectivity index (χ4n) is 4.71. The van der Waals surface area contributed by atoms with Gasteiger partial charge in [-0.1, -0.05) is 45.2 Å². The lowest BCUT2D eigenvalue weighted by Gasteiger charge is -2.42. The summed E-state index contributed by atoms with van der Waals surface area (Å²) < 4.78 is 5.41.